The summed E-state index contributed by atoms with van der Waals surface area (Å²) >= 11 is 0. The zero-order chi connectivity index (χ0) is 27.3. The standard InChI is InChI=1S/C30H29N3O5/c1-3-8-25-17-24(18-26(20-31)30(34)32-16-7-11-22-9-5-4-6-10-22)19-28(37-2)29(25)38-21-23-12-14-27(15-13-23)33(35)36/h3-6,9-10,12-15,17-19H,1,7-8,11,16,21H2,2H3,(H,32,34)/b26-18-. The van der Waals surface area contributed by atoms with Gasteiger partial charge in [-0.15, -0.1) is 6.58 Å². The topological polar surface area (TPSA) is 114 Å². The smallest absolute Gasteiger partial charge is 0.269 e. The van der Waals surface area contributed by atoms with Crippen LogP contribution in [0.4, 0.5) is 5.69 Å². The van der Waals surface area contributed by atoms with E-state index in [0.29, 0.717) is 30.0 Å². The Morgan fingerprint density at radius 1 is 1.13 bits per heavy atom. The van der Waals surface area contributed by atoms with Crippen molar-refractivity contribution in [1.82, 2.24) is 5.32 Å². The van der Waals surface area contributed by atoms with Crippen LogP contribution in [0.1, 0.15) is 28.7 Å². The Balaban J connectivity index is 1.73. The van der Waals surface area contributed by atoms with Crippen LogP contribution in [0, 0.1) is 21.4 Å². The number of ether oxygens (including phenoxy) is 2. The zero-order valence-corrected chi connectivity index (χ0v) is 21.2. The second kappa shape index (κ2) is 14.0. The lowest BCUT2D eigenvalue weighted by molar-refractivity contribution is -0.384. The summed E-state index contributed by atoms with van der Waals surface area (Å²) in [6.07, 6.45) is 5.28. The first-order valence-corrected chi connectivity index (χ1v) is 12.1. The van der Waals surface area contributed by atoms with Crippen LogP contribution < -0.4 is 14.8 Å². The number of allylic oxidation sites excluding steroid dienone is 1. The number of nitrogens with one attached hydrogen (secondary N) is 1. The Labute approximate surface area is 222 Å². The van der Waals surface area contributed by atoms with Gasteiger partial charge in [0.15, 0.2) is 11.5 Å². The highest BCUT2D eigenvalue weighted by molar-refractivity contribution is 6.01. The number of carbonyl (C=O) groups excluding carboxylic acids is 1. The molecule has 0 saturated heterocycles. The lowest BCUT2D eigenvalue weighted by atomic mass is 10.0. The molecule has 8 nitrogen and oxygen atoms in total. The third kappa shape index (κ3) is 7.80. The second-order valence-corrected chi connectivity index (χ2v) is 8.43. The number of amides is 1. The Kier molecular flexibility index (Phi) is 10.2. The number of carbonyl (C=O) groups is 1. The molecule has 3 aromatic carbocycles. The van der Waals surface area contributed by atoms with Crippen molar-refractivity contribution >= 4 is 17.7 Å². The van der Waals surface area contributed by atoms with Crippen molar-refractivity contribution in [1.29, 1.82) is 5.26 Å². The first kappa shape index (κ1) is 27.7. The van der Waals surface area contributed by atoms with E-state index in [2.05, 4.69) is 11.9 Å². The molecule has 0 aromatic heterocycles. The molecule has 0 fully saturated rings. The number of nitrogens with zero attached hydrogens (tertiary/aromatic N) is 2. The van der Waals surface area contributed by atoms with Crippen molar-refractivity contribution in [2.45, 2.75) is 25.9 Å². The zero-order valence-electron chi connectivity index (χ0n) is 21.2. The molecule has 0 heterocycles. The largest absolute Gasteiger partial charge is 0.493 e. The third-order valence-electron chi connectivity index (χ3n) is 5.72. The van der Waals surface area contributed by atoms with E-state index >= 15 is 0 Å². The Bertz CT molecular complexity index is 1340. The van der Waals surface area contributed by atoms with E-state index < -0.39 is 10.8 Å². The van der Waals surface area contributed by atoms with E-state index in [9.17, 15) is 20.2 Å². The highest BCUT2D eigenvalue weighted by atomic mass is 16.6. The summed E-state index contributed by atoms with van der Waals surface area (Å²) in [6.45, 7) is 4.42. The number of aryl methyl sites for hydroxylation is 1. The maximum Gasteiger partial charge on any atom is 0.269 e. The van der Waals surface area contributed by atoms with Crippen molar-refractivity contribution in [3.8, 4) is 17.6 Å². The van der Waals surface area contributed by atoms with Gasteiger partial charge in [-0.1, -0.05) is 36.4 Å². The molecule has 1 amide bonds. The van der Waals surface area contributed by atoms with Gasteiger partial charge in [-0.05, 0) is 66.3 Å². The number of benzene rings is 3. The van der Waals surface area contributed by atoms with Crippen LogP contribution in [0.3, 0.4) is 0 Å². The van der Waals surface area contributed by atoms with E-state index in [0.717, 1.165) is 24.0 Å². The molecule has 0 radical (unpaired) electrons. The summed E-state index contributed by atoms with van der Waals surface area (Å²) < 4.78 is 11.6. The number of hydrogen-bond acceptors (Lipinski definition) is 6. The molecule has 0 aliphatic heterocycles. The average molecular weight is 512 g/mol. The summed E-state index contributed by atoms with van der Waals surface area (Å²) in [7, 11) is 1.50. The monoisotopic (exact) mass is 511 g/mol. The minimum Gasteiger partial charge on any atom is -0.493 e. The van der Waals surface area contributed by atoms with Crippen molar-refractivity contribution < 1.29 is 19.2 Å². The normalized spacial score (nSPS) is 10.8. The van der Waals surface area contributed by atoms with E-state index in [4.69, 9.17) is 9.47 Å². The van der Waals surface area contributed by atoms with Crippen LogP contribution >= 0.6 is 0 Å². The maximum atomic E-state index is 12.6. The van der Waals surface area contributed by atoms with Crippen LogP contribution in [0.25, 0.3) is 6.08 Å². The fourth-order valence-electron chi connectivity index (χ4n) is 3.81. The van der Waals surface area contributed by atoms with Gasteiger partial charge in [-0.2, -0.15) is 5.26 Å². The first-order valence-electron chi connectivity index (χ1n) is 12.1. The number of nitriles is 1. The molecule has 8 heteroatoms. The highest BCUT2D eigenvalue weighted by Gasteiger charge is 2.15. The summed E-state index contributed by atoms with van der Waals surface area (Å²) in [4.78, 5) is 23.1. The molecule has 194 valence electrons. The number of methoxy groups -OCH3 is 1. The summed E-state index contributed by atoms with van der Waals surface area (Å²) in [6, 6.07) is 21.6. The van der Waals surface area contributed by atoms with E-state index in [1.807, 2.05) is 42.5 Å². The minimum atomic E-state index is -0.456. The number of hydrogen-bond donors (Lipinski definition) is 1. The highest BCUT2D eigenvalue weighted by Crippen LogP contribution is 2.35. The van der Waals surface area contributed by atoms with Crippen LogP contribution in [0.15, 0.2) is 85.0 Å². The van der Waals surface area contributed by atoms with Crippen molar-refractivity contribution in [2.24, 2.45) is 0 Å². The van der Waals surface area contributed by atoms with Crippen molar-refractivity contribution in [3.05, 3.63) is 117 Å². The molecule has 0 aliphatic rings. The van der Waals surface area contributed by atoms with Gasteiger partial charge in [0.05, 0.1) is 12.0 Å². The van der Waals surface area contributed by atoms with Gasteiger partial charge in [-0.25, -0.2) is 0 Å². The van der Waals surface area contributed by atoms with Gasteiger partial charge in [-0.3, -0.25) is 14.9 Å². The summed E-state index contributed by atoms with van der Waals surface area (Å²) in [5, 5.41) is 23.3. The van der Waals surface area contributed by atoms with Gasteiger partial charge in [0.2, 0.25) is 0 Å². The van der Waals surface area contributed by atoms with Gasteiger partial charge < -0.3 is 14.8 Å². The molecule has 0 saturated carbocycles. The lowest BCUT2D eigenvalue weighted by Gasteiger charge is -2.16. The molecule has 0 atom stereocenters. The predicted octanol–water partition coefficient (Wildman–Crippen LogP) is 5.57. The molecule has 3 aromatic rings. The summed E-state index contributed by atoms with van der Waals surface area (Å²) in [5.41, 5.74) is 3.29. The summed E-state index contributed by atoms with van der Waals surface area (Å²) in [5.74, 6) is 0.480. The molecule has 0 unspecified atom stereocenters. The molecule has 38 heavy (non-hydrogen) atoms. The Morgan fingerprint density at radius 3 is 2.50 bits per heavy atom. The fraction of sp³-hybridized carbons (Fsp3) is 0.200. The molecule has 1 N–H and O–H groups in total. The molecule has 0 aliphatic carbocycles. The van der Waals surface area contributed by atoms with Crippen molar-refractivity contribution in [2.75, 3.05) is 13.7 Å². The van der Waals surface area contributed by atoms with E-state index in [1.54, 1.807) is 24.3 Å². The van der Waals surface area contributed by atoms with Gasteiger partial charge in [0, 0.05) is 24.2 Å². The van der Waals surface area contributed by atoms with E-state index in [-0.39, 0.29) is 17.9 Å². The lowest BCUT2D eigenvalue weighted by Crippen LogP contribution is -2.25. The van der Waals surface area contributed by atoms with Gasteiger partial charge >= 0.3 is 0 Å². The first-order chi connectivity index (χ1) is 18.4. The van der Waals surface area contributed by atoms with Crippen LogP contribution in [0.2, 0.25) is 0 Å². The van der Waals surface area contributed by atoms with Gasteiger partial charge in [0.25, 0.3) is 11.6 Å². The van der Waals surface area contributed by atoms with Crippen LogP contribution in [-0.2, 0) is 24.2 Å². The molecule has 3 rings (SSSR count). The SMILES string of the molecule is C=CCc1cc(/C=C(/C#N)C(=O)NCCCc2ccccc2)cc(OC)c1OCc1ccc([N+](=O)[O-])cc1. The minimum absolute atomic E-state index is 0.00310. The molecule has 0 bridgehead atoms. The van der Waals surface area contributed by atoms with Crippen molar-refractivity contribution in [3.63, 3.8) is 0 Å². The second-order valence-electron chi connectivity index (χ2n) is 8.43. The third-order valence-corrected chi connectivity index (χ3v) is 5.72. The Hall–Kier alpha value is -4.90. The number of non-ortho nitro benzene ring substituents is 1. The fourth-order valence-corrected chi connectivity index (χ4v) is 3.81. The van der Waals surface area contributed by atoms with Crippen LogP contribution in [-0.4, -0.2) is 24.5 Å². The average Bonchev–Trinajstić information content (AvgIpc) is 2.94. The number of rotatable bonds is 13. The van der Waals surface area contributed by atoms with E-state index in [1.165, 1.54) is 30.9 Å². The van der Waals surface area contributed by atoms with Crippen LogP contribution in [0.5, 0.6) is 11.5 Å². The number of nitro groups is 1. The maximum absolute atomic E-state index is 12.6. The molecular weight excluding hydrogens is 482 g/mol. The van der Waals surface area contributed by atoms with Gasteiger partial charge in [0.1, 0.15) is 18.2 Å². The number of nitro benzene ring substituents is 1. The quantitative estimate of drug-likeness (QED) is 0.0802. The Morgan fingerprint density at radius 2 is 1.87 bits per heavy atom. The predicted molar refractivity (Wildman–Crippen MR) is 146 cm³/mol. The molecule has 0 spiro atoms. The molecular formula is C30H29N3O5.